The van der Waals surface area contributed by atoms with E-state index in [-0.39, 0.29) is 5.97 Å². The largest absolute Gasteiger partial charge is 0.464 e. The molecule has 0 saturated heterocycles. The predicted molar refractivity (Wildman–Crippen MR) is 85.1 cm³/mol. The van der Waals surface area contributed by atoms with Gasteiger partial charge in [0.25, 0.3) is 0 Å². The fourth-order valence-electron chi connectivity index (χ4n) is 3.10. The van der Waals surface area contributed by atoms with Crippen molar-refractivity contribution in [2.45, 2.75) is 52.0 Å². The number of carbonyl (C=O) groups is 1. The maximum atomic E-state index is 12.8. The molecule has 21 heavy (non-hydrogen) atoms. The van der Waals surface area contributed by atoms with E-state index in [0.717, 1.165) is 37.8 Å². The summed E-state index contributed by atoms with van der Waals surface area (Å²) in [5.41, 5.74) is 1.72. The van der Waals surface area contributed by atoms with Crippen LogP contribution in [-0.2, 0) is 21.5 Å². The zero-order valence-electron chi connectivity index (χ0n) is 13.4. The van der Waals surface area contributed by atoms with Gasteiger partial charge in [-0.05, 0) is 49.8 Å². The Hall–Kier alpha value is -1.35. The highest BCUT2D eigenvalue weighted by Gasteiger charge is 2.43. The third kappa shape index (κ3) is 3.46. The summed E-state index contributed by atoms with van der Waals surface area (Å²) in [6, 6.07) is 8.31. The Balaban J connectivity index is 2.44. The van der Waals surface area contributed by atoms with Crippen molar-refractivity contribution in [3.05, 3.63) is 35.4 Å². The predicted octanol–water partition coefficient (Wildman–Crippen LogP) is 3.42. The number of aryl methyl sites for hydroxylation is 1. The van der Waals surface area contributed by atoms with Crippen LogP contribution >= 0.6 is 0 Å². The molecular formula is C18H27NO2. The van der Waals surface area contributed by atoms with E-state index in [4.69, 9.17) is 4.74 Å². The van der Waals surface area contributed by atoms with Gasteiger partial charge in [-0.25, -0.2) is 4.79 Å². The Morgan fingerprint density at radius 1 is 1.33 bits per heavy atom. The van der Waals surface area contributed by atoms with E-state index in [9.17, 15) is 4.79 Å². The first-order chi connectivity index (χ1) is 10.1. The summed E-state index contributed by atoms with van der Waals surface area (Å²) in [6.07, 6.45) is 4.02. The van der Waals surface area contributed by atoms with E-state index < -0.39 is 5.54 Å². The molecule has 1 N–H and O–H groups in total. The minimum Gasteiger partial charge on any atom is -0.464 e. The second kappa shape index (κ2) is 7.08. The lowest BCUT2D eigenvalue weighted by molar-refractivity contribution is -0.152. The number of benzene rings is 1. The van der Waals surface area contributed by atoms with Gasteiger partial charge < -0.3 is 4.74 Å². The molecule has 0 aromatic heterocycles. The van der Waals surface area contributed by atoms with Crippen LogP contribution in [0.4, 0.5) is 0 Å². The van der Waals surface area contributed by atoms with Crippen LogP contribution in [-0.4, -0.2) is 19.1 Å². The molecule has 0 heterocycles. The van der Waals surface area contributed by atoms with Gasteiger partial charge in [0, 0.05) is 0 Å². The first-order valence-electron chi connectivity index (χ1n) is 8.10. The lowest BCUT2D eigenvalue weighted by Crippen LogP contribution is -2.51. The minimum absolute atomic E-state index is 0.125. The summed E-state index contributed by atoms with van der Waals surface area (Å²) in [7, 11) is 0. The molecule has 1 aliphatic carbocycles. The molecule has 0 saturated carbocycles. The first-order valence-corrected chi connectivity index (χ1v) is 8.10. The Morgan fingerprint density at radius 2 is 2.10 bits per heavy atom. The van der Waals surface area contributed by atoms with Crippen LogP contribution in [0.1, 0.15) is 51.2 Å². The molecule has 1 aromatic rings. The number of hydrogen-bond donors (Lipinski definition) is 1. The Morgan fingerprint density at radius 3 is 2.81 bits per heavy atom. The molecule has 0 amide bonds. The SMILES string of the molecule is CCOC(=O)C1(NCC(C)C)CCCCc2ccccc21. The molecule has 0 spiro atoms. The molecule has 1 aromatic carbocycles. The number of rotatable bonds is 5. The summed E-state index contributed by atoms with van der Waals surface area (Å²) in [4.78, 5) is 12.8. The van der Waals surface area contributed by atoms with E-state index in [1.807, 2.05) is 13.0 Å². The minimum atomic E-state index is -0.673. The van der Waals surface area contributed by atoms with Gasteiger partial charge in [-0.3, -0.25) is 5.32 Å². The molecule has 0 bridgehead atoms. The van der Waals surface area contributed by atoms with Crippen molar-refractivity contribution in [2.24, 2.45) is 5.92 Å². The van der Waals surface area contributed by atoms with Crippen molar-refractivity contribution < 1.29 is 9.53 Å². The van der Waals surface area contributed by atoms with Crippen molar-refractivity contribution >= 4 is 5.97 Å². The number of carbonyl (C=O) groups excluding carboxylic acids is 1. The van der Waals surface area contributed by atoms with Gasteiger partial charge in [0.2, 0.25) is 0 Å². The van der Waals surface area contributed by atoms with Crippen molar-refractivity contribution in [3.8, 4) is 0 Å². The van der Waals surface area contributed by atoms with Gasteiger partial charge in [-0.15, -0.1) is 0 Å². The maximum Gasteiger partial charge on any atom is 0.330 e. The topological polar surface area (TPSA) is 38.3 Å². The average Bonchev–Trinajstić information content (AvgIpc) is 2.66. The summed E-state index contributed by atoms with van der Waals surface area (Å²) in [5, 5.41) is 3.54. The van der Waals surface area contributed by atoms with Crippen LogP contribution in [0, 0.1) is 5.92 Å². The first kappa shape index (κ1) is 16.0. The molecule has 1 aliphatic rings. The lowest BCUT2D eigenvalue weighted by Gasteiger charge is -2.34. The normalized spacial score (nSPS) is 21.7. The second-order valence-electron chi connectivity index (χ2n) is 6.26. The van der Waals surface area contributed by atoms with Gasteiger partial charge in [0.1, 0.15) is 5.54 Å². The smallest absolute Gasteiger partial charge is 0.330 e. The molecule has 1 atom stereocenters. The second-order valence-corrected chi connectivity index (χ2v) is 6.26. The van der Waals surface area contributed by atoms with E-state index in [0.29, 0.717) is 12.5 Å². The van der Waals surface area contributed by atoms with E-state index >= 15 is 0 Å². The number of esters is 1. The van der Waals surface area contributed by atoms with Crippen LogP contribution in [0.2, 0.25) is 0 Å². The van der Waals surface area contributed by atoms with Gasteiger partial charge >= 0.3 is 5.97 Å². The van der Waals surface area contributed by atoms with Crippen molar-refractivity contribution in [3.63, 3.8) is 0 Å². The summed E-state index contributed by atoms with van der Waals surface area (Å²) in [6.45, 7) is 7.43. The van der Waals surface area contributed by atoms with Crippen molar-refractivity contribution in [2.75, 3.05) is 13.2 Å². The molecule has 0 radical (unpaired) electrons. The number of hydrogen-bond acceptors (Lipinski definition) is 3. The van der Waals surface area contributed by atoms with Crippen LogP contribution in [0.3, 0.4) is 0 Å². The average molecular weight is 289 g/mol. The molecule has 1 unspecified atom stereocenters. The monoisotopic (exact) mass is 289 g/mol. The van der Waals surface area contributed by atoms with E-state index in [2.05, 4.69) is 37.4 Å². The van der Waals surface area contributed by atoms with E-state index in [1.165, 1.54) is 5.56 Å². The molecule has 116 valence electrons. The fourth-order valence-corrected chi connectivity index (χ4v) is 3.10. The number of ether oxygens (including phenoxy) is 1. The van der Waals surface area contributed by atoms with Crippen LogP contribution in [0.15, 0.2) is 24.3 Å². The Kier molecular flexibility index (Phi) is 5.40. The Labute approximate surface area is 128 Å². The van der Waals surface area contributed by atoms with Crippen LogP contribution < -0.4 is 5.32 Å². The van der Waals surface area contributed by atoms with Gasteiger partial charge in [0.15, 0.2) is 0 Å². The summed E-state index contributed by atoms with van der Waals surface area (Å²) in [5.74, 6) is 0.367. The fraction of sp³-hybridized carbons (Fsp3) is 0.611. The van der Waals surface area contributed by atoms with E-state index in [1.54, 1.807) is 0 Å². The molecule has 0 fully saturated rings. The zero-order valence-corrected chi connectivity index (χ0v) is 13.4. The summed E-state index contributed by atoms with van der Waals surface area (Å²) >= 11 is 0. The Bertz CT molecular complexity index is 484. The molecule has 0 aliphatic heterocycles. The highest BCUT2D eigenvalue weighted by molar-refractivity contribution is 5.83. The molecule has 3 nitrogen and oxygen atoms in total. The van der Waals surface area contributed by atoms with Crippen LogP contribution in [0.5, 0.6) is 0 Å². The molecule has 3 heteroatoms. The molecule has 2 rings (SSSR count). The third-order valence-corrected chi connectivity index (χ3v) is 4.16. The van der Waals surface area contributed by atoms with Crippen molar-refractivity contribution in [1.29, 1.82) is 0 Å². The number of fused-ring (bicyclic) bond motifs is 1. The zero-order chi connectivity index (χ0) is 15.3. The van der Waals surface area contributed by atoms with Gasteiger partial charge in [-0.2, -0.15) is 0 Å². The highest BCUT2D eigenvalue weighted by Crippen LogP contribution is 2.35. The van der Waals surface area contributed by atoms with Crippen molar-refractivity contribution in [1.82, 2.24) is 5.32 Å². The maximum absolute atomic E-state index is 12.8. The van der Waals surface area contributed by atoms with Crippen LogP contribution in [0.25, 0.3) is 0 Å². The van der Waals surface area contributed by atoms with Gasteiger partial charge in [0.05, 0.1) is 6.61 Å². The third-order valence-electron chi connectivity index (χ3n) is 4.16. The lowest BCUT2D eigenvalue weighted by atomic mass is 9.84. The molecular weight excluding hydrogens is 262 g/mol. The highest BCUT2D eigenvalue weighted by atomic mass is 16.5. The van der Waals surface area contributed by atoms with Gasteiger partial charge in [-0.1, -0.05) is 44.5 Å². The number of nitrogens with one attached hydrogen (secondary N) is 1. The summed E-state index contributed by atoms with van der Waals surface area (Å²) < 4.78 is 5.43. The quantitative estimate of drug-likeness (QED) is 0.667. The standard InChI is InChI=1S/C18H27NO2/c1-4-21-17(20)18(19-13-14(2)3)12-8-7-10-15-9-5-6-11-16(15)18/h5-6,9,11,14,19H,4,7-8,10,12-13H2,1-3H3.